The van der Waals surface area contributed by atoms with E-state index in [-0.39, 0.29) is 0 Å². The first-order valence-electron chi connectivity index (χ1n) is 9.13. The Morgan fingerprint density at radius 3 is 2.16 bits per heavy atom. The van der Waals surface area contributed by atoms with E-state index in [2.05, 4.69) is 62.5 Å². The molecule has 0 aliphatic rings. The molecule has 1 N–H and O–H groups in total. The molecule has 0 amide bonds. The molecule has 2 aromatic rings. The number of benzene rings is 2. The number of rotatable bonds is 10. The van der Waals surface area contributed by atoms with Gasteiger partial charge in [0.15, 0.2) is 0 Å². The minimum Gasteiger partial charge on any atom is -0.491 e. The van der Waals surface area contributed by atoms with Crippen molar-refractivity contribution in [2.45, 2.75) is 33.1 Å². The molecule has 3 nitrogen and oxygen atoms in total. The highest BCUT2D eigenvalue weighted by molar-refractivity contribution is 5.46. The van der Waals surface area contributed by atoms with Gasteiger partial charge in [0.05, 0.1) is 6.61 Å². The molecule has 1 unspecified atom stereocenters. The van der Waals surface area contributed by atoms with E-state index in [4.69, 9.17) is 9.47 Å². The lowest BCUT2D eigenvalue weighted by Crippen LogP contribution is -2.10. The molecule has 0 aliphatic carbocycles. The summed E-state index contributed by atoms with van der Waals surface area (Å²) in [4.78, 5) is 0. The second-order valence-corrected chi connectivity index (χ2v) is 6.99. The Labute approximate surface area is 152 Å². The number of methoxy groups -OCH3 is 1. The summed E-state index contributed by atoms with van der Waals surface area (Å²) in [7, 11) is 1.68. The summed E-state index contributed by atoms with van der Waals surface area (Å²) in [5.41, 5.74) is 3.91. The van der Waals surface area contributed by atoms with E-state index in [0.29, 0.717) is 25.0 Å². The topological polar surface area (TPSA) is 30.5 Å². The molecule has 0 heterocycles. The summed E-state index contributed by atoms with van der Waals surface area (Å²) in [5.74, 6) is 2.04. The summed E-state index contributed by atoms with van der Waals surface area (Å²) in [5, 5.41) is 3.50. The van der Waals surface area contributed by atoms with Gasteiger partial charge in [-0.3, -0.25) is 0 Å². The fourth-order valence-corrected chi connectivity index (χ4v) is 2.75. The monoisotopic (exact) mass is 341 g/mol. The lowest BCUT2D eigenvalue weighted by molar-refractivity contribution is 0.146. The number of nitrogens with one attached hydrogen (secondary N) is 1. The van der Waals surface area contributed by atoms with Gasteiger partial charge in [0.2, 0.25) is 0 Å². The van der Waals surface area contributed by atoms with Crippen molar-refractivity contribution in [3.63, 3.8) is 0 Å². The van der Waals surface area contributed by atoms with Gasteiger partial charge in [-0.2, -0.15) is 0 Å². The highest BCUT2D eigenvalue weighted by atomic mass is 16.5. The summed E-state index contributed by atoms with van der Waals surface area (Å²) in [6, 6.07) is 17.1. The molecule has 2 aromatic carbocycles. The summed E-state index contributed by atoms with van der Waals surface area (Å²) >= 11 is 0. The maximum atomic E-state index is 5.58. The molecule has 2 rings (SSSR count). The van der Waals surface area contributed by atoms with Gasteiger partial charge in [0.1, 0.15) is 12.4 Å². The van der Waals surface area contributed by atoms with Gasteiger partial charge in [-0.05, 0) is 53.6 Å². The molecule has 0 fully saturated rings. The third-order valence-electron chi connectivity index (χ3n) is 4.22. The highest BCUT2D eigenvalue weighted by Gasteiger charge is 2.06. The molecular weight excluding hydrogens is 310 g/mol. The Morgan fingerprint density at radius 1 is 0.880 bits per heavy atom. The minimum absolute atomic E-state index is 0.464. The van der Waals surface area contributed by atoms with E-state index in [0.717, 1.165) is 24.4 Å². The molecule has 1 atom stereocenters. The van der Waals surface area contributed by atoms with Crippen molar-refractivity contribution in [3.8, 4) is 5.75 Å². The van der Waals surface area contributed by atoms with Crippen LogP contribution in [0.4, 0.5) is 5.69 Å². The third-order valence-corrected chi connectivity index (χ3v) is 4.22. The zero-order valence-corrected chi connectivity index (χ0v) is 15.9. The number of hydrogen-bond acceptors (Lipinski definition) is 3. The molecule has 0 aromatic heterocycles. The van der Waals surface area contributed by atoms with Crippen LogP contribution in [0, 0.1) is 5.92 Å². The number of anilines is 1. The van der Waals surface area contributed by atoms with Crippen molar-refractivity contribution in [1.29, 1.82) is 0 Å². The first kappa shape index (κ1) is 19.3. The van der Waals surface area contributed by atoms with Gasteiger partial charge in [0, 0.05) is 19.3 Å². The molecule has 0 saturated heterocycles. The van der Waals surface area contributed by atoms with Crippen LogP contribution >= 0.6 is 0 Å². The molecule has 136 valence electrons. The largest absolute Gasteiger partial charge is 0.491 e. The van der Waals surface area contributed by atoms with Crippen LogP contribution in [0.5, 0.6) is 5.75 Å². The van der Waals surface area contributed by atoms with Crippen molar-refractivity contribution >= 4 is 5.69 Å². The third kappa shape index (κ3) is 6.79. The molecule has 0 aliphatic heterocycles. The molecule has 0 radical (unpaired) electrons. The van der Waals surface area contributed by atoms with E-state index in [1.807, 2.05) is 12.1 Å². The van der Waals surface area contributed by atoms with E-state index < -0.39 is 0 Å². The average molecular weight is 341 g/mol. The van der Waals surface area contributed by atoms with E-state index >= 15 is 0 Å². The normalized spacial score (nSPS) is 12.2. The lowest BCUT2D eigenvalue weighted by atomic mass is 9.97. The molecule has 0 saturated carbocycles. The Balaban J connectivity index is 1.81. The van der Waals surface area contributed by atoms with Crippen LogP contribution in [0.1, 0.15) is 37.8 Å². The van der Waals surface area contributed by atoms with E-state index in [1.165, 1.54) is 11.1 Å². The van der Waals surface area contributed by atoms with Crippen LogP contribution in [0.15, 0.2) is 48.5 Å². The Morgan fingerprint density at radius 2 is 1.56 bits per heavy atom. The van der Waals surface area contributed by atoms with Gasteiger partial charge in [0.25, 0.3) is 0 Å². The first-order chi connectivity index (χ1) is 12.1. The Bertz CT molecular complexity index is 605. The van der Waals surface area contributed by atoms with Crippen molar-refractivity contribution in [2.24, 2.45) is 5.92 Å². The Hall–Kier alpha value is -2.00. The zero-order valence-electron chi connectivity index (χ0n) is 15.9. The average Bonchev–Trinajstić information content (AvgIpc) is 2.61. The van der Waals surface area contributed by atoms with Crippen molar-refractivity contribution in [3.05, 3.63) is 59.7 Å². The predicted octanol–water partition coefficient (Wildman–Crippen LogP) is 5.13. The summed E-state index contributed by atoms with van der Waals surface area (Å²) < 4.78 is 10.6. The van der Waals surface area contributed by atoms with Crippen molar-refractivity contribution in [2.75, 3.05) is 32.2 Å². The molecular formula is C22H31NO2. The van der Waals surface area contributed by atoms with E-state index in [1.54, 1.807) is 7.11 Å². The predicted molar refractivity (Wildman–Crippen MR) is 106 cm³/mol. The first-order valence-corrected chi connectivity index (χ1v) is 9.13. The second kappa shape index (κ2) is 10.1. The molecule has 3 heteroatoms. The molecule has 0 spiro atoms. The van der Waals surface area contributed by atoms with Crippen molar-refractivity contribution < 1.29 is 9.47 Å². The van der Waals surface area contributed by atoms with Gasteiger partial charge in [-0.15, -0.1) is 0 Å². The van der Waals surface area contributed by atoms with Crippen LogP contribution in [0.2, 0.25) is 0 Å². The summed E-state index contributed by atoms with van der Waals surface area (Å²) in [6.07, 6.45) is 1.14. The quantitative estimate of drug-likeness (QED) is 0.608. The minimum atomic E-state index is 0.464. The van der Waals surface area contributed by atoms with Gasteiger partial charge >= 0.3 is 0 Å². The van der Waals surface area contributed by atoms with Gasteiger partial charge in [-0.1, -0.05) is 45.0 Å². The lowest BCUT2D eigenvalue weighted by Gasteiger charge is -2.15. The smallest absolute Gasteiger partial charge is 0.119 e. The van der Waals surface area contributed by atoms with Crippen molar-refractivity contribution in [1.82, 2.24) is 0 Å². The van der Waals surface area contributed by atoms with Crippen LogP contribution in [-0.2, 0) is 11.2 Å². The Kier molecular flexibility index (Phi) is 7.80. The maximum Gasteiger partial charge on any atom is 0.119 e. The zero-order chi connectivity index (χ0) is 18.1. The van der Waals surface area contributed by atoms with Gasteiger partial charge < -0.3 is 14.8 Å². The van der Waals surface area contributed by atoms with E-state index in [9.17, 15) is 0 Å². The number of ether oxygens (including phenoxy) is 2. The van der Waals surface area contributed by atoms with Crippen LogP contribution in [-0.4, -0.2) is 26.9 Å². The van der Waals surface area contributed by atoms with Crippen LogP contribution in [0.3, 0.4) is 0 Å². The second-order valence-electron chi connectivity index (χ2n) is 6.99. The van der Waals surface area contributed by atoms with Gasteiger partial charge in [-0.25, -0.2) is 0 Å². The highest BCUT2D eigenvalue weighted by Crippen LogP contribution is 2.20. The van der Waals surface area contributed by atoms with Crippen LogP contribution in [0.25, 0.3) is 0 Å². The standard InChI is InChI=1S/C22H31NO2/c1-17(2)15-19-5-7-20(8-6-19)18(3)16-23-21-9-11-22(12-10-21)25-14-13-24-4/h5-12,17-18,23H,13-16H2,1-4H3. The summed E-state index contributed by atoms with van der Waals surface area (Å²) in [6.45, 7) is 8.86. The SMILES string of the molecule is COCCOc1ccc(NCC(C)c2ccc(CC(C)C)cc2)cc1. The molecule has 25 heavy (non-hydrogen) atoms. The maximum absolute atomic E-state index is 5.58. The molecule has 0 bridgehead atoms. The fraction of sp³-hybridized carbons (Fsp3) is 0.455. The number of hydrogen-bond donors (Lipinski definition) is 1. The fourth-order valence-electron chi connectivity index (χ4n) is 2.75. The van der Waals surface area contributed by atoms with Crippen LogP contribution < -0.4 is 10.1 Å².